The van der Waals surface area contributed by atoms with E-state index in [9.17, 15) is 0 Å². The fourth-order valence-electron chi connectivity index (χ4n) is 0.549. The molecule has 0 saturated carbocycles. The van der Waals surface area contributed by atoms with Gasteiger partial charge in [0.25, 0.3) is 0 Å². The van der Waals surface area contributed by atoms with Crippen molar-refractivity contribution in [2.75, 3.05) is 20.6 Å². The van der Waals surface area contributed by atoms with Crippen LogP contribution in [0.1, 0.15) is 6.92 Å². The van der Waals surface area contributed by atoms with Crippen molar-refractivity contribution in [3.05, 3.63) is 12.2 Å². The predicted molar refractivity (Wildman–Crippen MR) is 41.3 cm³/mol. The van der Waals surface area contributed by atoms with Crippen LogP contribution in [0.25, 0.3) is 0 Å². The number of likely N-dealkylation sites (N-methyl/N-ethyl adjacent to an activating group) is 1. The quantitative estimate of drug-likeness (QED) is 0.559. The van der Waals surface area contributed by atoms with E-state index in [-0.39, 0.29) is 6.04 Å². The Morgan fingerprint density at radius 3 is 2.22 bits per heavy atom. The lowest BCUT2D eigenvalue weighted by Gasteiger charge is -2.16. The molecule has 2 nitrogen and oxygen atoms in total. The number of nitrogens with two attached hydrogens (primary N) is 1. The van der Waals surface area contributed by atoms with E-state index in [0.717, 1.165) is 12.1 Å². The Hall–Kier alpha value is -0.340. The molecule has 0 bridgehead atoms. The zero-order valence-corrected chi connectivity index (χ0v) is 6.52. The first kappa shape index (κ1) is 8.66. The van der Waals surface area contributed by atoms with Crippen molar-refractivity contribution in [2.45, 2.75) is 13.0 Å². The molecule has 0 aliphatic heterocycles. The van der Waals surface area contributed by atoms with Gasteiger partial charge in [0.05, 0.1) is 0 Å². The minimum Gasteiger partial charge on any atom is -0.323 e. The van der Waals surface area contributed by atoms with E-state index in [2.05, 4.69) is 11.5 Å². The summed E-state index contributed by atoms with van der Waals surface area (Å²) in [5.41, 5.74) is 6.72. The molecular formula is C7H16N2. The lowest BCUT2D eigenvalue weighted by atomic mass is 10.1. The summed E-state index contributed by atoms with van der Waals surface area (Å²) in [5, 5.41) is 0. The molecule has 1 unspecified atom stereocenters. The molecule has 0 aromatic heterocycles. The molecule has 0 aromatic rings. The monoisotopic (exact) mass is 128 g/mol. The third-order valence-electron chi connectivity index (χ3n) is 1.19. The Bertz CT molecular complexity index is 97.1. The van der Waals surface area contributed by atoms with E-state index < -0.39 is 0 Å². The van der Waals surface area contributed by atoms with Gasteiger partial charge in [-0.2, -0.15) is 0 Å². The minimum atomic E-state index is 0.125. The second-order valence-electron chi connectivity index (χ2n) is 2.72. The zero-order chi connectivity index (χ0) is 7.44. The normalized spacial score (nSPS) is 13.9. The maximum atomic E-state index is 5.68. The highest BCUT2D eigenvalue weighted by molar-refractivity contribution is 5.00. The molecule has 0 heterocycles. The Morgan fingerprint density at radius 2 is 2.11 bits per heavy atom. The van der Waals surface area contributed by atoms with Crippen LogP contribution in [0.5, 0.6) is 0 Å². The molecule has 0 saturated heterocycles. The molecule has 0 rings (SSSR count). The van der Waals surface area contributed by atoms with Gasteiger partial charge < -0.3 is 10.6 Å². The largest absolute Gasteiger partial charge is 0.323 e. The van der Waals surface area contributed by atoms with Crippen LogP contribution in [0, 0.1) is 0 Å². The summed E-state index contributed by atoms with van der Waals surface area (Å²) in [7, 11) is 4.01. The van der Waals surface area contributed by atoms with Gasteiger partial charge in [-0.3, -0.25) is 0 Å². The number of rotatable bonds is 3. The van der Waals surface area contributed by atoms with Crippen LogP contribution in [0.15, 0.2) is 12.2 Å². The molecular weight excluding hydrogens is 112 g/mol. The lowest BCUT2D eigenvalue weighted by molar-refractivity contribution is 0.389. The van der Waals surface area contributed by atoms with Crippen molar-refractivity contribution in [1.29, 1.82) is 0 Å². The highest BCUT2D eigenvalue weighted by Gasteiger charge is 2.02. The summed E-state index contributed by atoms with van der Waals surface area (Å²) in [6.07, 6.45) is 0. The second kappa shape index (κ2) is 3.64. The summed E-state index contributed by atoms with van der Waals surface area (Å²) in [6.45, 7) is 6.59. The standard InChI is InChI=1S/C7H16N2/c1-6(2)7(8)5-9(3)4/h7H,1,5,8H2,2-4H3. The lowest BCUT2D eigenvalue weighted by Crippen LogP contribution is -2.33. The molecule has 9 heavy (non-hydrogen) atoms. The number of hydrogen-bond acceptors (Lipinski definition) is 2. The van der Waals surface area contributed by atoms with E-state index in [1.807, 2.05) is 21.0 Å². The molecule has 0 aliphatic carbocycles. The van der Waals surface area contributed by atoms with Crippen molar-refractivity contribution in [1.82, 2.24) is 4.90 Å². The van der Waals surface area contributed by atoms with Crippen molar-refractivity contribution in [2.24, 2.45) is 5.73 Å². The Balaban J connectivity index is 3.50. The molecule has 0 aliphatic rings. The fourth-order valence-corrected chi connectivity index (χ4v) is 0.549. The predicted octanol–water partition coefficient (Wildman–Crippen LogP) is 0.451. The Labute approximate surface area is 57.3 Å². The van der Waals surface area contributed by atoms with E-state index >= 15 is 0 Å². The van der Waals surface area contributed by atoms with Crippen LogP contribution in [0.3, 0.4) is 0 Å². The SMILES string of the molecule is C=C(C)C(N)CN(C)C. The molecule has 0 radical (unpaired) electrons. The van der Waals surface area contributed by atoms with Gasteiger partial charge >= 0.3 is 0 Å². The van der Waals surface area contributed by atoms with E-state index in [4.69, 9.17) is 5.73 Å². The third-order valence-corrected chi connectivity index (χ3v) is 1.19. The van der Waals surface area contributed by atoms with Gasteiger partial charge in [0.15, 0.2) is 0 Å². The molecule has 0 spiro atoms. The van der Waals surface area contributed by atoms with Crippen LogP contribution in [-0.2, 0) is 0 Å². The van der Waals surface area contributed by atoms with E-state index in [1.165, 1.54) is 0 Å². The summed E-state index contributed by atoms with van der Waals surface area (Å²) in [6, 6.07) is 0.125. The van der Waals surface area contributed by atoms with E-state index in [0.29, 0.717) is 0 Å². The molecule has 0 amide bonds. The zero-order valence-electron chi connectivity index (χ0n) is 6.52. The highest BCUT2D eigenvalue weighted by atomic mass is 15.1. The van der Waals surface area contributed by atoms with Gasteiger partial charge in [0.2, 0.25) is 0 Å². The van der Waals surface area contributed by atoms with Gasteiger partial charge in [-0.25, -0.2) is 0 Å². The van der Waals surface area contributed by atoms with Crippen LogP contribution < -0.4 is 5.73 Å². The fraction of sp³-hybridized carbons (Fsp3) is 0.714. The van der Waals surface area contributed by atoms with Gasteiger partial charge in [0, 0.05) is 12.6 Å². The van der Waals surface area contributed by atoms with Crippen molar-refractivity contribution in [3.8, 4) is 0 Å². The van der Waals surface area contributed by atoms with Crippen molar-refractivity contribution >= 4 is 0 Å². The first-order chi connectivity index (χ1) is 4.04. The highest BCUT2D eigenvalue weighted by Crippen LogP contribution is 1.94. The van der Waals surface area contributed by atoms with Gasteiger partial charge in [-0.15, -0.1) is 0 Å². The maximum Gasteiger partial charge on any atom is 0.0377 e. The molecule has 0 fully saturated rings. The summed E-state index contributed by atoms with van der Waals surface area (Å²) < 4.78 is 0. The topological polar surface area (TPSA) is 29.3 Å². The second-order valence-corrected chi connectivity index (χ2v) is 2.72. The van der Waals surface area contributed by atoms with Crippen LogP contribution in [0.2, 0.25) is 0 Å². The van der Waals surface area contributed by atoms with Gasteiger partial charge in [0.1, 0.15) is 0 Å². The van der Waals surface area contributed by atoms with Gasteiger partial charge in [-0.1, -0.05) is 12.2 Å². The Kier molecular flexibility index (Phi) is 3.50. The first-order valence-corrected chi connectivity index (χ1v) is 3.09. The van der Waals surface area contributed by atoms with Crippen molar-refractivity contribution in [3.63, 3.8) is 0 Å². The van der Waals surface area contributed by atoms with Crippen LogP contribution in [-0.4, -0.2) is 31.6 Å². The Morgan fingerprint density at radius 1 is 1.67 bits per heavy atom. The number of hydrogen-bond donors (Lipinski definition) is 1. The smallest absolute Gasteiger partial charge is 0.0377 e. The molecule has 0 aromatic carbocycles. The average molecular weight is 128 g/mol. The molecule has 54 valence electrons. The third kappa shape index (κ3) is 4.18. The summed E-state index contributed by atoms with van der Waals surface area (Å²) in [4.78, 5) is 2.05. The summed E-state index contributed by atoms with van der Waals surface area (Å²) >= 11 is 0. The molecule has 2 N–H and O–H groups in total. The van der Waals surface area contributed by atoms with Gasteiger partial charge in [-0.05, 0) is 21.0 Å². The average Bonchev–Trinajstić information content (AvgIpc) is 1.63. The van der Waals surface area contributed by atoms with E-state index in [1.54, 1.807) is 0 Å². The van der Waals surface area contributed by atoms with Crippen LogP contribution >= 0.6 is 0 Å². The van der Waals surface area contributed by atoms with Crippen molar-refractivity contribution < 1.29 is 0 Å². The summed E-state index contributed by atoms with van der Waals surface area (Å²) in [5.74, 6) is 0. The number of nitrogens with zero attached hydrogens (tertiary/aromatic N) is 1. The molecule has 1 atom stereocenters. The van der Waals surface area contributed by atoms with Crippen LogP contribution in [0.4, 0.5) is 0 Å². The molecule has 2 heteroatoms. The maximum absolute atomic E-state index is 5.68. The minimum absolute atomic E-state index is 0.125. The first-order valence-electron chi connectivity index (χ1n) is 3.09.